The summed E-state index contributed by atoms with van der Waals surface area (Å²) in [5, 5.41) is 13.2. The Morgan fingerprint density at radius 1 is 1.67 bits per heavy atom. The van der Waals surface area contributed by atoms with E-state index in [0.717, 1.165) is 0 Å². The topological polar surface area (TPSA) is 98.3 Å². The van der Waals surface area contributed by atoms with Crippen molar-refractivity contribution in [1.29, 1.82) is 0 Å². The van der Waals surface area contributed by atoms with Gasteiger partial charge in [-0.2, -0.15) is 0 Å². The second-order valence-electron chi connectivity index (χ2n) is 3.54. The Bertz CT molecular complexity index is 490. The summed E-state index contributed by atoms with van der Waals surface area (Å²) >= 11 is 3.06. The number of rotatable bonds is 5. The molecule has 7 heteroatoms. The predicted molar refractivity (Wildman–Crippen MR) is 72.2 cm³/mol. The van der Waals surface area contributed by atoms with Crippen LogP contribution in [-0.2, 0) is 4.79 Å². The largest absolute Gasteiger partial charge is 0.324 e. The lowest BCUT2D eigenvalue weighted by atomic mass is 10.2. The molecule has 1 unspecified atom stereocenters. The molecule has 18 heavy (non-hydrogen) atoms. The lowest BCUT2D eigenvalue weighted by molar-refractivity contribution is -0.385. The van der Waals surface area contributed by atoms with Crippen LogP contribution >= 0.6 is 15.9 Å². The van der Waals surface area contributed by atoms with Crippen molar-refractivity contribution < 1.29 is 9.72 Å². The molecule has 1 amide bonds. The van der Waals surface area contributed by atoms with Crippen LogP contribution in [0.4, 0.5) is 11.4 Å². The van der Waals surface area contributed by atoms with Crippen LogP contribution in [-0.4, -0.2) is 16.9 Å². The summed E-state index contributed by atoms with van der Waals surface area (Å²) in [7, 11) is 0. The molecule has 1 aromatic carbocycles. The molecule has 0 fully saturated rings. The fourth-order valence-electron chi connectivity index (χ4n) is 1.25. The van der Waals surface area contributed by atoms with Crippen molar-refractivity contribution in [2.24, 2.45) is 5.73 Å². The van der Waals surface area contributed by atoms with Gasteiger partial charge in [0.25, 0.3) is 5.69 Å². The Hall–Kier alpha value is -1.73. The molecule has 96 valence electrons. The van der Waals surface area contributed by atoms with Crippen molar-refractivity contribution in [2.45, 2.75) is 12.5 Å². The van der Waals surface area contributed by atoms with Crippen LogP contribution in [0.1, 0.15) is 6.42 Å². The smallest absolute Gasteiger partial charge is 0.285 e. The average Bonchev–Trinajstić information content (AvgIpc) is 2.31. The standard InChI is InChI=1S/C11H12BrN3O3/c1-2-3-9(13)11(16)14-7-4-5-8(12)10(6-7)15(17)18/h2,4-6,9H,1,3,13H2,(H,14,16). The van der Waals surface area contributed by atoms with Gasteiger partial charge >= 0.3 is 0 Å². The fourth-order valence-corrected chi connectivity index (χ4v) is 1.64. The minimum Gasteiger partial charge on any atom is -0.324 e. The van der Waals surface area contributed by atoms with E-state index in [1.165, 1.54) is 18.2 Å². The van der Waals surface area contributed by atoms with Crippen molar-refractivity contribution in [3.63, 3.8) is 0 Å². The number of amides is 1. The van der Waals surface area contributed by atoms with Gasteiger partial charge in [0.15, 0.2) is 0 Å². The zero-order chi connectivity index (χ0) is 13.7. The third-order valence-corrected chi connectivity index (χ3v) is 2.84. The molecule has 0 aliphatic heterocycles. The van der Waals surface area contributed by atoms with Crippen LogP contribution in [0.15, 0.2) is 35.3 Å². The molecule has 0 spiro atoms. The van der Waals surface area contributed by atoms with Gasteiger partial charge in [-0.1, -0.05) is 6.08 Å². The number of nitrogens with zero attached hydrogens (tertiary/aromatic N) is 1. The Labute approximate surface area is 112 Å². The van der Waals surface area contributed by atoms with E-state index >= 15 is 0 Å². The first-order chi connectivity index (χ1) is 8.45. The van der Waals surface area contributed by atoms with Gasteiger partial charge in [-0.3, -0.25) is 14.9 Å². The van der Waals surface area contributed by atoms with Crippen LogP contribution in [0.5, 0.6) is 0 Å². The zero-order valence-corrected chi connectivity index (χ0v) is 11.0. The van der Waals surface area contributed by atoms with Gasteiger partial charge in [-0.25, -0.2) is 0 Å². The molecular weight excluding hydrogens is 302 g/mol. The summed E-state index contributed by atoms with van der Waals surface area (Å²) in [6.07, 6.45) is 1.87. The van der Waals surface area contributed by atoms with Crippen molar-refractivity contribution >= 4 is 33.2 Å². The molecule has 0 radical (unpaired) electrons. The van der Waals surface area contributed by atoms with E-state index in [9.17, 15) is 14.9 Å². The summed E-state index contributed by atoms with van der Waals surface area (Å²) in [4.78, 5) is 21.8. The highest BCUT2D eigenvalue weighted by Crippen LogP contribution is 2.27. The zero-order valence-electron chi connectivity index (χ0n) is 9.43. The molecule has 0 aliphatic carbocycles. The molecule has 6 nitrogen and oxygen atoms in total. The van der Waals surface area contributed by atoms with E-state index in [1.807, 2.05) is 0 Å². The molecule has 1 atom stereocenters. The van der Waals surface area contributed by atoms with Crippen LogP contribution < -0.4 is 11.1 Å². The fraction of sp³-hybridized carbons (Fsp3) is 0.182. The van der Waals surface area contributed by atoms with Crippen molar-refractivity contribution in [2.75, 3.05) is 5.32 Å². The Morgan fingerprint density at radius 2 is 2.33 bits per heavy atom. The first-order valence-corrected chi connectivity index (χ1v) is 5.86. The molecule has 0 saturated carbocycles. The lowest BCUT2D eigenvalue weighted by Gasteiger charge is -2.10. The Balaban J connectivity index is 2.85. The highest BCUT2D eigenvalue weighted by Gasteiger charge is 2.16. The van der Waals surface area contributed by atoms with Gasteiger partial charge < -0.3 is 11.1 Å². The van der Waals surface area contributed by atoms with Gasteiger partial charge in [0.2, 0.25) is 5.91 Å². The van der Waals surface area contributed by atoms with Crippen LogP contribution in [0.25, 0.3) is 0 Å². The number of nitro benzene ring substituents is 1. The minimum absolute atomic E-state index is 0.120. The molecule has 0 heterocycles. The van der Waals surface area contributed by atoms with Gasteiger partial charge in [0.1, 0.15) is 0 Å². The molecule has 0 saturated heterocycles. The van der Waals surface area contributed by atoms with Gasteiger partial charge in [-0.15, -0.1) is 6.58 Å². The number of halogens is 1. The monoisotopic (exact) mass is 313 g/mol. The number of benzene rings is 1. The van der Waals surface area contributed by atoms with Crippen LogP contribution in [0.3, 0.4) is 0 Å². The van der Waals surface area contributed by atoms with Crippen LogP contribution in [0, 0.1) is 10.1 Å². The summed E-state index contributed by atoms with van der Waals surface area (Å²) in [6.45, 7) is 3.48. The molecule has 0 aromatic heterocycles. The summed E-state index contributed by atoms with van der Waals surface area (Å²) in [6, 6.07) is 3.59. The quantitative estimate of drug-likeness (QED) is 0.494. The van der Waals surface area contributed by atoms with E-state index in [0.29, 0.717) is 16.6 Å². The maximum absolute atomic E-state index is 11.6. The Kier molecular flexibility index (Phi) is 4.99. The third kappa shape index (κ3) is 3.64. The minimum atomic E-state index is -0.717. The summed E-state index contributed by atoms with van der Waals surface area (Å²) in [5.74, 6) is -0.411. The molecule has 1 aromatic rings. The normalized spacial score (nSPS) is 11.7. The lowest BCUT2D eigenvalue weighted by Crippen LogP contribution is -2.35. The molecule has 3 N–H and O–H groups in total. The van der Waals surface area contributed by atoms with Crippen molar-refractivity contribution in [1.82, 2.24) is 0 Å². The number of carbonyl (C=O) groups is 1. The number of hydrogen-bond acceptors (Lipinski definition) is 4. The molecule has 1 rings (SSSR count). The predicted octanol–water partition coefficient (Wildman–Crippen LogP) is 2.20. The van der Waals surface area contributed by atoms with Crippen LogP contribution in [0.2, 0.25) is 0 Å². The Morgan fingerprint density at radius 3 is 2.89 bits per heavy atom. The molecule has 0 bridgehead atoms. The molecule has 0 aliphatic rings. The first-order valence-electron chi connectivity index (χ1n) is 5.07. The van der Waals surface area contributed by atoms with E-state index in [1.54, 1.807) is 6.07 Å². The van der Waals surface area contributed by atoms with E-state index in [2.05, 4.69) is 27.8 Å². The highest BCUT2D eigenvalue weighted by molar-refractivity contribution is 9.10. The first kappa shape index (κ1) is 14.3. The SMILES string of the molecule is C=CCC(N)C(=O)Nc1ccc(Br)c([N+](=O)[O-])c1. The van der Waals surface area contributed by atoms with Gasteiger partial charge in [0.05, 0.1) is 15.4 Å². The van der Waals surface area contributed by atoms with Crippen molar-refractivity contribution in [3.8, 4) is 0 Å². The highest BCUT2D eigenvalue weighted by atomic mass is 79.9. The maximum atomic E-state index is 11.6. The van der Waals surface area contributed by atoms with Gasteiger partial charge in [0, 0.05) is 11.8 Å². The van der Waals surface area contributed by atoms with Crippen molar-refractivity contribution in [3.05, 3.63) is 45.4 Å². The molecular formula is C11H12BrN3O3. The number of hydrogen-bond donors (Lipinski definition) is 2. The second-order valence-corrected chi connectivity index (χ2v) is 4.40. The number of nitrogens with one attached hydrogen (secondary N) is 1. The number of nitrogens with two attached hydrogens (primary N) is 1. The number of carbonyl (C=O) groups excluding carboxylic acids is 1. The second kappa shape index (κ2) is 6.27. The number of anilines is 1. The third-order valence-electron chi connectivity index (χ3n) is 2.17. The summed E-state index contributed by atoms with van der Waals surface area (Å²) in [5.41, 5.74) is 5.78. The van der Waals surface area contributed by atoms with E-state index in [-0.39, 0.29) is 5.69 Å². The maximum Gasteiger partial charge on any atom is 0.285 e. The summed E-state index contributed by atoms with van der Waals surface area (Å²) < 4.78 is 0.348. The average molecular weight is 314 g/mol. The van der Waals surface area contributed by atoms with Gasteiger partial charge in [-0.05, 0) is 34.5 Å². The van der Waals surface area contributed by atoms with E-state index < -0.39 is 16.9 Å². The van der Waals surface area contributed by atoms with E-state index in [4.69, 9.17) is 5.73 Å². The number of nitro groups is 1.